The molecule has 1 heterocycles. The molecule has 3 nitrogen and oxygen atoms in total. The van der Waals surface area contributed by atoms with E-state index in [-0.39, 0.29) is 17.9 Å². The van der Waals surface area contributed by atoms with E-state index in [0.29, 0.717) is 25.9 Å². The van der Waals surface area contributed by atoms with Gasteiger partial charge in [0.15, 0.2) is 0 Å². The Labute approximate surface area is 108 Å². The second-order valence-corrected chi connectivity index (χ2v) is 5.98. The number of carbonyl (C=O) groups is 1. The maximum Gasteiger partial charge on any atom is 0.240 e. The van der Waals surface area contributed by atoms with E-state index in [1.165, 1.54) is 12.8 Å². The number of carbonyl (C=O) groups excluding carboxylic acids is 1. The van der Waals surface area contributed by atoms with Crippen molar-refractivity contribution in [2.45, 2.75) is 50.5 Å². The average molecular weight is 260 g/mol. The molecular formula is C13H22ClNO2. The van der Waals surface area contributed by atoms with Gasteiger partial charge in [0.2, 0.25) is 5.91 Å². The summed E-state index contributed by atoms with van der Waals surface area (Å²) in [4.78, 5) is 13.8. The first kappa shape index (κ1) is 13.2. The zero-order chi connectivity index (χ0) is 12.4. The summed E-state index contributed by atoms with van der Waals surface area (Å²) in [6.45, 7) is 3.28. The molecule has 1 aliphatic carbocycles. The number of aliphatic hydroxyl groups is 1. The van der Waals surface area contributed by atoms with Gasteiger partial charge in [0.05, 0.1) is 6.10 Å². The summed E-state index contributed by atoms with van der Waals surface area (Å²) in [6.07, 6.45) is 4.82. The van der Waals surface area contributed by atoms with Gasteiger partial charge in [0.1, 0.15) is 5.38 Å². The van der Waals surface area contributed by atoms with E-state index in [1.54, 1.807) is 0 Å². The normalized spacial score (nSPS) is 31.4. The SMILES string of the molecule is CC[C@H](Cl)C(=O)N1CC[C@@H](O)[C@H](CC2CC2)C1. The van der Waals surface area contributed by atoms with Crippen LogP contribution in [0.25, 0.3) is 0 Å². The summed E-state index contributed by atoms with van der Waals surface area (Å²) < 4.78 is 0. The molecule has 2 fully saturated rings. The van der Waals surface area contributed by atoms with Crippen molar-refractivity contribution in [3.8, 4) is 0 Å². The van der Waals surface area contributed by atoms with E-state index in [2.05, 4.69) is 0 Å². The molecule has 0 bridgehead atoms. The molecule has 0 spiro atoms. The van der Waals surface area contributed by atoms with E-state index >= 15 is 0 Å². The van der Waals surface area contributed by atoms with Crippen LogP contribution in [0.15, 0.2) is 0 Å². The van der Waals surface area contributed by atoms with Crippen LogP contribution < -0.4 is 0 Å². The first-order valence-electron chi connectivity index (χ1n) is 6.72. The second-order valence-electron chi connectivity index (χ2n) is 5.46. The minimum absolute atomic E-state index is 0.0434. The molecule has 1 saturated carbocycles. The lowest BCUT2D eigenvalue weighted by Crippen LogP contribution is -2.48. The number of hydrogen-bond acceptors (Lipinski definition) is 2. The summed E-state index contributed by atoms with van der Waals surface area (Å²) in [7, 11) is 0. The van der Waals surface area contributed by atoms with Crippen LogP contribution in [0.5, 0.6) is 0 Å². The molecule has 2 rings (SSSR count). The molecule has 1 N–H and O–H groups in total. The Kier molecular flexibility index (Phi) is 4.31. The molecule has 0 radical (unpaired) electrons. The maximum atomic E-state index is 12.0. The molecule has 0 aromatic rings. The quantitative estimate of drug-likeness (QED) is 0.785. The predicted molar refractivity (Wildman–Crippen MR) is 68.0 cm³/mol. The highest BCUT2D eigenvalue weighted by molar-refractivity contribution is 6.30. The highest BCUT2D eigenvalue weighted by Gasteiger charge is 2.35. The third-order valence-electron chi connectivity index (χ3n) is 3.96. The molecular weight excluding hydrogens is 238 g/mol. The minimum Gasteiger partial charge on any atom is -0.393 e. The van der Waals surface area contributed by atoms with Gasteiger partial charge >= 0.3 is 0 Å². The highest BCUT2D eigenvalue weighted by Crippen LogP contribution is 2.38. The van der Waals surface area contributed by atoms with Gasteiger partial charge in [-0.05, 0) is 25.2 Å². The second kappa shape index (κ2) is 5.57. The smallest absolute Gasteiger partial charge is 0.240 e. The van der Waals surface area contributed by atoms with E-state index in [4.69, 9.17) is 11.6 Å². The predicted octanol–water partition coefficient (Wildman–Crippen LogP) is 2.01. The van der Waals surface area contributed by atoms with Gasteiger partial charge in [-0.1, -0.05) is 19.8 Å². The molecule has 0 unspecified atom stereocenters. The Bertz CT molecular complexity index is 281. The fourth-order valence-corrected chi connectivity index (χ4v) is 2.74. The number of rotatable bonds is 4. The Morgan fingerprint density at radius 3 is 2.76 bits per heavy atom. The Morgan fingerprint density at radius 1 is 1.47 bits per heavy atom. The number of likely N-dealkylation sites (tertiary alicyclic amines) is 1. The third-order valence-corrected chi connectivity index (χ3v) is 4.46. The van der Waals surface area contributed by atoms with Crippen molar-refractivity contribution < 1.29 is 9.90 Å². The summed E-state index contributed by atoms with van der Waals surface area (Å²) in [5, 5.41) is 9.57. The number of nitrogens with zero attached hydrogens (tertiary/aromatic N) is 1. The van der Waals surface area contributed by atoms with E-state index in [9.17, 15) is 9.90 Å². The topological polar surface area (TPSA) is 40.5 Å². The molecule has 0 aromatic heterocycles. The Morgan fingerprint density at radius 2 is 2.18 bits per heavy atom. The van der Waals surface area contributed by atoms with Crippen molar-refractivity contribution in [3.63, 3.8) is 0 Å². The number of hydrogen-bond donors (Lipinski definition) is 1. The molecule has 0 aromatic carbocycles. The molecule has 2 aliphatic rings. The van der Waals surface area contributed by atoms with Crippen LogP contribution in [0.3, 0.4) is 0 Å². The number of alkyl halides is 1. The van der Waals surface area contributed by atoms with Crippen molar-refractivity contribution in [2.24, 2.45) is 11.8 Å². The van der Waals surface area contributed by atoms with Crippen molar-refractivity contribution in [1.82, 2.24) is 4.90 Å². The number of amides is 1. The lowest BCUT2D eigenvalue weighted by Gasteiger charge is -2.37. The van der Waals surface area contributed by atoms with Gasteiger partial charge in [-0.2, -0.15) is 0 Å². The van der Waals surface area contributed by atoms with Crippen LogP contribution in [0, 0.1) is 11.8 Å². The summed E-state index contributed by atoms with van der Waals surface area (Å²) in [5.41, 5.74) is 0. The Balaban J connectivity index is 1.89. The van der Waals surface area contributed by atoms with Crippen LogP contribution >= 0.6 is 11.6 Å². The van der Waals surface area contributed by atoms with Gasteiger partial charge in [-0.15, -0.1) is 11.6 Å². The van der Waals surface area contributed by atoms with Crippen LogP contribution in [0.1, 0.15) is 39.0 Å². The fraction of sp³-hybridized carbons (Fsp3) is 0.923. The Hall–Kier alpha value is -0.280. The summed E-state index contributed by atoms with van der Waals surface area (Å²) >= 11 is 6.00. The molecule has 17 heavy (non-hydrogen) atoms. The van der Waals surface area contributed by atoms with E-state index in [0.717, 1.165) is 12.3 Å². The largest absolute Gasteiger partial charge is 0.393 e. The summed E-state index contributed by atoms with van der Waals surface area (Å²) in [5.74, 6) is 1.10. The molecule has 4 heteroatoms. The lowest BCUT2D eigenvalue weighted by atomic mass is 9.89. The van der Waals surface area contributed by atoms with Gasteiger partial charge in [-0.25, -0.2) is 0 Å². The average Bonchev–Trinajstić information content (AvgIpc) is 3.14. The summed E-state index contributed by atoms with van der Waals surface area (Å²) in [6, 6.07) is 0. The van der Waals surface area contributed by atoms with Gasteiger partial charge in [-0.3, -0.25) is 4.79 Å². The minimum atomic E-state index is -0.396. The zero-order valence-electron chi connectivity index (χ0n) is 10.4. The number of halogens is 1. The van der Waals surface area contributed by atoms with E-state index < -0.39 is 5.38 Å². The standard InChI is InChI=1S/C13H22ClNO2/c1-2-11(14)13(17)15-6-5-12(16)10(8-15)7-9-3-4-9/h9-12,16H,2-8H2,1H3/t10-,11+,12-/m1/s1. The van der Waals surface area contributed by atoms with Crippen molar-refractivity contribution >= 4 is 17.5 Å². The molecule has 1 saturated heterocycles. The van der Waals surface area contributed by atoms with Crippen LogP contribution in [0.4, 0.5) is 0 Å². The lowest BCUT2D eigenvalue weighted by molar-refractivity contribution is -0.134. The fourth-order valence-electron chi connectivity index (χ4n) is 2.61. The van der Waals surface area contributed by atoms with Crippen molar-refractivity contribution in [2.75, 3.05) is 13.1 Å². The first-order valence-corrected chi connectivity index (χ1v) is 7.16. The van der Waals surface area contributed by atoms with Gasteiger partial charge < -0.3 is 10.0 Å². The zero-order valence-corrected chi connectivity index (χ0v) is 11.2. The molecule has 3 atom stereocenters. The monoisotopic (exact) mass is 259 g/mol. The first-order chi connectivity index (χ1) is 8.11. The number of piperidine rings is 1. The van der Waals surface area contributed by atoms with Crippen molar-refractivity contribution in [1.29, 1.82) is 0 Å². The molecule has 1 aliphatic heterocycles. The van der Waals surface area contributed by atoms with Gasteiger partial charge in [0, 0.05) is 19.0 Å². The van der Waals surface area contributed by atoms with Crippen LogP contribution in [-0.4, -0.2) is 40.5 Å². The van der Waals surface area contributed by atoms with E-state index in [1.807, 2.05) is 11.8 Å². The molecule has 98 valence electrons. The third kappa shape index (κ3) is 3.35. The van der Waals surface area contributed by atoms with Crippen LogP contribution in [0.2, 0.25) is 0 Å². The molecule has 1 amide bonds. The highest BCUT2D eigenvalue weighted by atomic mass is 35.5. The maximum absolute atomic E-state index is 12.0. The van der Waals surface area contributed by atoms with Crippen LogP contribution in [-0.2, 0) is 4.79 Å². The van der Waals surface area contributed by atoms with Gasteiger partial charge in [0.25, 0.3) is 0 Å². The van der Waals surface area contributed by atoms with Crippen molar-refractivity contribution in [3.05, 3.63) is 0 Å². The number of aliphatic hydroxyl groups excluding tert-OH is 1.